The van der Waals surface area contributed by atoms with Gasteiger partial charge >= 0.3 is 0 Å². The first-order valence-corrected chi connectivity index (χ1v) is 7.47. The number of aromatic nitrogens is 2. The van der Waals surface area contributed by atoms with Crippen LogP contribution in [0.3, 0.4) is 0 Å². The van der Waals surface area contributed by atoms with Crippen LogP contribution in [0.4, 0.5) is 20.3 Å². The zero-order valence-corrected chi connectivity index (χ0v) is 12.4. The van der Waals surface area contributed by atoms with Gasteiger partial charge in [0.25, 0.3) is 5.91 Å². The molecule has 1 aliphatic heterocycles. The summed E-state index contributed by atoms with van der Waals surface area (Å²) in [5.74, 6) is -1.40. The molecule has 1 saturated heterocycles. The molecule has 1 aromatic carbocycles. The van der Waals surface area contributed by atoms with Crippen molar-refractivity contribution in [2.45, 2.75) is 19.3 Å². The van der Waals surface area contributed by atoms with E-state index in [0.29, 0.717) is 6.07 Å². The van der Waals surface area contributed by atoms with Gasteiger partial charge in [-0.3, -0.25) is 4.79 Å². The fraction of sp³-hybridized carbons (Fsp3) is 0.312. The molecule has 1 N–H and O–H groups in total. The molecule has 5 nitrogen and oxygen atoms in total. The lowest BCUT2D eigenvalue weighted by Gasteiger charge is -2.27. The van der Waals surface area contributed by atoms with Crippen LogP contribution in [-0.4, -0.2) is 29.0 Å². The molecule has 1 amide bonds. The number of hydrogen-bond acceptors (Lipinski definition) is 4. The normalized spacial score (nSPS) is 14.6. The minimum Gasteiger partial charge on any atom is -0.355 e. The highest BCUT2D eigenvalue weighted by Gasteiger charge is 2.15. The number of carbonyl (C=O) groups is 1. The van der Waals surface area contributed by atoms with Crippen LogP contribution in [0.15, 0.2) is 30.6 Å². The summed E-state index contributed by atoms with van der Waals surface area (Å²) in [5.41, 5.74) is -0.0206. The largest absolute Gasteiger partial charge is 0.355 e. The number of carbonyl (C=O) groups excluding carboxylic acids is 1. The Bertz CT molecular complexity index is 700. The van der Waals surface area contributed by atoms with Crippen molar-refractivity contribution in [3.63, 3.8) is 0 Å². The monoisotopic (exact) mass is 318 g/mol. The molecular formula is C16H16F2N4O. The van der Waals surface area contributed by atoms with E-state index in [0.717, 1.165) is 43.9 Å². The molecular weight excluding hydrogens is 302 g/mol. The zero-order valence-electron chi connectivity index (χ0n) is 12.4. The second kappa shape index (κ2) is 6.68. The van der Waals surface area contributed by atoms with Crippen molar-refractivity contribution in [1.29, 1.82) is 0 Å². The Morgan fingerprint density at radius 1 is 1.09 bits per heavy atom. The third-order valence-corrected chi connectivity index (χ3v) is 3.73. The molecule has 0 atom stereocenters. The zero-order chi connectivity index (χ0) is 16.2. The summed E-state index contributed by atoms with van der Waals surface area (Å²) in [6.07, 6.45) is 6.36. The standard InChI is InChI=1S/C16H16F2N4O/c17-11-4-5-13(12(18)8-11)21-16(23)14-9-20-15(10-19-14)22-6-2-1-3-7-22/h4-5,8-10H,1-3,6-7H2,(H,21,23). The summed E-state index contributed by atoms with van der Waals surface area (Å²) >= 11 is 0. The fourth-order valence-electron chi connectivity index (χ4n) is 2.50. The van der Waals surface area contributed by atoms with Crippen LogP contribution in [0, 0.1) is 11.6 Å². The second-order valence-electron chi connectivity index (χ2n) is 5.39. The number of nitrogens with one attached hydrogen (secondary N) is 1. The van der Waals surface area contributed by atoms with Gasteiger partial charge in [0.2, 0.25) is 0 Å². The highest BCUT2D eigenvalue weighted by Crippen LogP contribution is 2.18. The van der Waals surface area contributed by atoms with E-state index in [1.54, 1.807) is 6.20 Å². The van der Waals surface area contributed by atoms with Crippen LogP contribution in [-0.2, 0) is 0 Å². The van der Waals surface area contributed by atoms with Gasteiger partial charge in [0.15, 0.2) is 0 Å². The van der Waals surface area contributed by atoms with Crippen molar-refractivity contribution in [3.05, 3.63) is 47.9 Å². The second-order valence-corrected chi connectivity index (χ2v) is 5.39. The number of rotatable bonds is 3. The summed E-state index contributed by atoms with van der Waals surface area (Å²) in [7, 11) is 0. The van der Waals surface area contributed by atoms with Crippen LogP contribution in [0.2, 0.25) is 0 Å². The maximum Gasteiger partial charge on any atom is 0.275 e. The molecule has 1 fully saturated rings. The number of benzene rings is 1. The molecule has 2 heterocycles. The Kier molecular flexibility index (Phi) is 4.45. The lowest BCUT2D eigenvalue weighted by atomic mass is 10.1. The van der Waals surface area contributed by atoms with E-state index < -0.39 is 17.5 Å². The molecule has 7 heteroatoms. The summed E-state index contributed by atoms with van der Waals surface area (Å²) in [5, 5.41) is 2.36. The molecule has 0 bridgehead atoms. The van der Waals surface area contributed by atoms with Crippen LogP contribution in [0.25, 0.3) is 0 Å². The molecule has 1 aromatic heterocycles. The van der Waals surface area contributed by atoms with Gasteiger partial charge in [-0.25, -0.2) is 18.7 Å². The van der Waals surface area contributed by atoms with Gasteiger partial charge in [0.05, 0.1) is 18.1 Å². The van der Waals surface area contributed by atoms with Crippen LogP contribution < -0.4 is 10.2 Å². The van der Waals surface area contributed by atoms with Crippen LogP contribution in [0.5, 0.6) is 0 Å². The molecule has 3 rings (SSSR count). The summed E-state index contributed by atoms with van der Waals surface area (Å²) in [6, 6.07) is 2.95. The van der Waals surface area contributed by atoms with Crippen molar-refractivity contribution in [2.24, 2.45) is 0 Å². The number of halogens is 2. The van der Waals surface area contributed by atoms with E-state index in [1.165, 1.54) is 12.6 Å². The van der Waals surface area contributed by atoms with Gasteiger partial charge in [-0.2, -0.15) is 0 Å². The smallest absolute Gasteiger partial charge is 0.275 e. The highest BCUT2D eigenvalue weighted by atomic mass is 19.1. The Morgan fingerprint density at radius 3 is 2.52 bits per heavy atom. The van der Waals surface area contributed by atoms with Crippen molar-refractivity contribution >= 4 is 17.4 Å². The van der Waals surface area contributed by atoms with Gasteiger partial charge in [-0.05, 0) is 31.4 Å². The van der Waals surface area contributed by atoms with Gasteiger partial charge in [0, 0.05) is 19.2 Å². The molecule has 0 spiro atoms. The van der Waals surface area contributed by atoms with Crippen molar-refractivity contribution in [2.75, 3.05) is 23.3 Å². The summed E-state index contributed by atoms with van der Waals surface area (Å²) < 4.78 is 26.4. The van der Waals surface area contributed by atoms with Gasteiger partial charge in [-0.15, -0.1) is 0 Å². The van der Waals surface area contributed by atoms with E-state index in [1.807, 2.05) is 0 Å². The molecule has 0 radical (unpaired) electrons. The first kappa shape index (κ1) is 15.3. The summed E-state index contributed by atoms with van der Waals surface area (Å²) in [6.45, 7) is 1.86. The molecule has 0 aliphatic carbocycles. The third kappa shape index (κ3) is 3.61. The molecule has 120 valence electrons. The number of piperidine rings is 1. The fourth-order valence-corrected chi connectivity index (χ4v) is 2.50. The van der Waals surface area contributed by atoms with Gasteiger partial charge in [0.1, 0.15) is 23.1 Å². The minimum absolute atomic E-state index is 0.0782. The maximum absolute atomic E-state index is 13.5. The van der Waals surface area contributed by atoms with E-state index in [9.17, 15) is 13.6 Å². The number of anilines is 2. The first-order chi connectivity index (χ1) is 11.1. The molecule has 23 heavy (non-hydrogen) atoms. The van der Waals surface area contributed by atoms with E-state index >= 15 is 0 Å². The quantitative estimate of drug-likeness (QED) is 0.945. The molecule has 2 aromatic rings. The van der Waals surface area contributed by atoms with Crippen molar-refractivity contribution in [3.8, 4) is 0 Å². The highest BCUT2D eigenvalue weighted by molar-refractivity contribution is 6.02. The molecule has 0 unspecified atom stereocenters. The van der Waals surface area contributed by atoms with E-state index in [-0.39, 0.29) is 11.4 Å². The predicted octanol–water partition coefficient (Wildman–Crippen LogP) is 3.00. The van der Waals surface area contributed by atoms with Gasteiger partial charge in [-0.1, -0.05) is 0 Å². The Hall–Kier alpha value is -2.57. The third-order valence-electron chi connectivity index (χ3n) is 3.73. The SMILES string of the molecule is O=C(Nc1ccc(F)cc1F)c1cnc(N2CCCCC2)cn1. The van der Waals surface area contributed by atoms with Crippen molar-refractivity contribution < 1.29 is 13.6 Å². The predicted molar refractivity (Wildman–Crippen MR) is 82.4 cm³/mol. The number of hydrogen-bond donors (Lipinski definition) is 1. The molecule has 1 aliphatic rings. The van der Waals surface area contributed by atoms with Crippen LogP contribution >= 0.6 is 0 Å². The van der Waals surface area contributed by atoms with Crippen LogP contribution in [0.1, 0.15) is 29.8 Å². The van der Waals surface area contributed by atoms with Crippen molar-refractivity contribution in [1.82, 2.24) is 9.97 Å². The Morgan fingerprint density at radius 2 is 1.87 bits per heavy atom. The summed E-state index contributed by atoms with van der Waals surface area (Å²) in [4.78, 5) is 22.5. The lowest BCUT2D eigenvalue weighted by molar-refractivity contribution is 0.102. The average Bonchev–Trinajstić information content (AvgIpc) is 2.58. The van der Waals surface area contributed by atoms with E-state index in [4.69, 9.17) is 0 Å². The first-order valence-electron chi connectivity index (χ1n) is 7.47. The van der Waals surface area contributed by atoms with E-state index in [2.05, 4.69) is 20.2 Å². The number of nitrogens with zero attached hydrogens (tertiary/aromatic N) is 3. The minimum atomic E-state index is -0.837. The van der Waals surface area contributed by atoms with Gasteiger partial charge < -0.3 is 10.2 Å². The topological polar surface area (TPSA) is 58.1 Å². The number of amides is 1. The maximum atomic E-state index is 13.5. The Balaban J connectivity index is 1.69. The average molecular weight is 318 g/mol. The molecule has 0 saturated carbocycles. The Labute approximate surface area is 132 Å². The lowest BCUT2D eigenvalue weighted by Crippen LogP contribution is -2.30.